The van der Waals surface area contributed by atoms with Crippen LogP contribution >= 0.6 is 0 Å². The monoisotopic (exact) mass is 403 g/mol. The summed E-state index contributed by atoms with van der Waals surface area (Å²) in [5, 5.41) is 1.06. The average Bonchev–Trinajstić information content (AvgIpc) is 3.15. The van der Waals surface area contributed by atoms with Crippen molar-refractivity contribution in [1.29, 1.82) is 0 Å². The second-order valence-corrected chi connectivity index (χ2v) is 8.22. The third-order valence-corrected chi connectivity index (χ3v) is 6.57. The van der Waals surface area contributed by atoms with E-state index in [0.29, 0.717) is 13.1 Å². The van der Waals surface area contributed by atoms with Crippen LogP contribution in [0.15, 0.2) is 48.5 Å². The van der Waals surface area contributed by atoms with Gasteiger partial charge >= 0.3 is 0 Å². The van der Waals surface area contributed by atoms with Gasteiger partial charge in [-0.25, -0.2) is 0 Å². The summed E-state index contributed by atoms with van der Waals surface area (Å²) in [7, 11) is 1.65. The molecule has 2 aliphatic rings. The number of aromatic amines is 1. The van der Waals surface area contributed by atoms with Crippen molar-refractivity contribution >= 4 is 22.7 Å². The Morgan fingerprint density at radius 2 is 1.93 bits per heavy atom. The fourth-order valence-electron chi connectivity index (χ4n) is 4.93. The molecule has 3 heterocycles. The van der Waals surface area contributed by atoms with Gasteiger partial charge < -0.3 is 19.5 Å². The van der Waals surface area contributed by atoms with Crippen molar-refractivity contribution in [2.24, 2.45) is 0 Å². The van der Waals surface area contributed by atoms with Crippen LogP contribution in [0.1, 0.15) is 23.7 Å². The number of benzene rings is 2. The van der Waals surface area contributed by atoms with Crippen molar-refractivity contribution in [1.82, 2.24) is 14.8 Å². The Morgan fingerprint density at radius 1 is 1.13 bits per heavy atom. The van der Waals surface area contributed by atoms with Crippen molar-refractivity contribution < 1.29 is 14.3 Å². The summed E-state index contributed by atoms with van der Waals surface area (Å²) in [5.41, 5.74) is 3.05. The molecule has 2 aromatic carbocycles. The number of aromatic nitrogens is 1. The smallest absolute Gasteiger partial charge is 0.254 e. The molecule has 2 amide bonds. The summed E-state index contributed by atoms with van der Waals surface area (Å²) in [6.45, 7) is 3.10. The highest BCUT2D eigenvalue weighted by Crippen LogP contribution is 2.42. The summed E-state index contributed by atoms with van der Waals surface area (Å²) in [4.78, 5) is 33.6. The third kappa shape index (κ3) is 2.70. The van der Waals surface area contributed by atoms with Gasteiger partial charge in [0.05, 0.1) is 19.3 Å². The Kier molecular flexibility index (Phi) is 4.31. The highest BCUT2D eigenvalue weighted by molar-refractivity contribution is 6.00. The molecule has 0 unspecified atom stereocenters. The lowest BCUT2D eigenvalue weighted by molar-refractivity contribution is -0.165. The number of H-pyrrole nitrogens is 1. The largest absolute Gasteiger partial charge is 0.497 e. The van der Waals surface area contributed by atoms with Crippen molar-refractivity contribution in [2.45, 2.75) is 25.3 Å². The van der Waals surface area contributed by atoms with E-state index in [1.54, 1.807) is 16.9 Å². The van der Waals surface area contributed by atoms with E-state index in [1.807, 2.05) is 55.5 Å². The van der Waals surface area contributed by atoms with Crippen LogP contribution in [0.2, 0.25) is 0 Å². The molecule has 0 aliphatic carbocycles. The van der Waals surface area contributed by atoms with E-state index in [9.17, 15) is 9.59 Å². The van der Waals surface area contributed by atoms with E-state index >= 15 is 0 Å². The number of fused-ring (bicyclic) bond motifs is 5. The number of nitrogens with one attached hydrogen (secondary N) is 1. The predicted octanol–water partition coefficient (Wildman–Crippen LogP) is 2.86. The van der Waals surface area contributed by atoms with Gasteiger partial charge in [-0.3, -0.25) is 9.59 Å². The topological polar surface area (TPSA) is 65.6 Å². The highest BCUT2D eigenvalue weighted by Gasteiger charge is 2.53. The van der Waals surface area contributed by atoms with Crippen molar-refractivity contribution in [3.63, 3.8) is 0 Å². The Morgan fingerprint density at radius 3 is 2.70 bits per heavy atom. The number of piperazine rings is 1. The van der Waals surface area contributed by atoms with E-state index in [4.69, 9.17) is 4.74 Å². The number of nitrogens with zero attached hydrogens (tertiary/aromatic N) is 2. The second-order valence-electron chi connectivity index (χ2n) is 8.22. The number of ether oxygens (including phenoxy) is 1. The molecular weight excluding hydrogens is 378 g/mol. The summed E-state index contributed by atoms with van der Waals surface area (Å²) in [6, 6.07) is 16.0. The van der Waals surface area contributed by atoms with E-state index in [-0.39, 0.29) is 18.4 Å². The first-order chi connectivity index (χ1) is 14.5. The molecular formula is C24H25N3O3. The Bertz CT molecular complexity index is 1140. The van der Waals surface area contributed by atoms with E-state index in [2.05, 4.69) is 4.98 Å². The first kappa shape index (κ1) is 18.7. The van der Waals surface area contributed by atoms with Gasteiger partial charge in [0, 0.05) is 24.0 Å². The van der Waals surface area contributed by atoms with Gasteiger partial charge in [0.15, 0.2) is 5.54 Å². The zero-order chi connectivity index (χ0) is 20.9. The lowest BCUT2D eigenvalue weighted by Crippen LogP contribution is -2.67. The molecule has 0 spiro atoms. The molecule has 30 heavy (non-hydrogen) atoms. The molecule has 1 saturated heterocycles. The first-order valence-electron chi connectivity index (χ1n) is 10.3. The minimum absolute atomic E-state index is 0.00653. The molecule has 154 valence electrons. The summed E-state index contributed by atoms with van der Waals surface area (Å²) in [6.07, 6.45) is 1.45. The van der Waals surface area contributed by atoms with Crippen LogP contribution in [0.3, 0.4) is 0 Å². The predicted molar refractivity (Wildman–Crippen MR) is 114 cm³/mol. The van der Waals surface area contributed by atoms with Gasteiger partial charge in [0.25, 0.3) is 5.91 Å². The zero-order valence-electron chi connectivity index (χ0n) is 17.3. The lowest BCUT2D eigenvalue weighted by Gasteiger charge is -2.49. The number of hydrogen-bond acceptors (Lipinski definition) is 3. The molecule has 3 aromatic rings. The van der Waals surface area contributed by atoms with Crippen LogP contribution in [-0.2, 0) is 28.0 Å². The molecule has 0 saturated carbocycles. The maximum Gasteiger partial charge on any atom is 0.254 e. The maximum absolute atomic E-state index is 13.7. The van der Waals surface area contributed by atoms with Gasteiger partial charge in [0.1, 0.15) is 5.75 Å². The fraction of sp³-hybridized carbons (Fsp3) is 0.333. The lowest BCUT2D eigenvalue weighted by atomic mass is 9.83. The number of rotatable bonds is 4. The van der Waals surface area contributed by atoms with Crippen molar-refractivity contribution in [3.05, 3.63) is 65.4 Å². The Labute approximate surface area is 175 Å². The Balaban J connectivity index is 1.53. The second kappa shape index (κ2) is 6.90. The van der Waals surface area contributed by atoms with Crippen molar-refractivity contribution in [3.8, 4) is 5.75 Å². The molecule has 5 rings (SSSR count). The molecule has 0 radical (unpaired) electrons. The molecule has 6 heteroatoms. The standard InChI is InChI=1S/C24H25N3O3/c1-24-22-18(19-14-17(30-2)8-9-20(19)25-22)11-13-27(24)21(28)15-26(23(24)29)12-10-16-6-4-3-5-7-16/h3-9,14,25H,10-13,15H2,1-2H3/t24-/m1/s1. The first-order valence-corrected chi connectivity index (χ1v) is 10.3. The quantitative estimate of drug-likeness (QED) is 0.729. The molecule has 1 aromatic heterocycles. The van der Waals surface area contributed by atoms with Gasteiger partial charge in [-0.1, -0.05) is 30.3 Å². The zero-order valence-corrected chi connectivity index (χ0v) is 17.3. The van der Waals surface area contributed by atoms with E-state index in [0.717, 1.165) is 46.3 Å². The van der Waals surface area contributed by atoms with Gasteiger partial charge in [0.2, 0.25) is 5.91 Å². The summed E-state index contributed by atoms with van der Waals surface area (Å²) < 4.78 is 5.39. The van der Waals surface area contributed by atoms with Crippen molar-refractivity contribution in [2.75, 3.05) is 26.7 Å². The number of methoxy groups -OCH3 is 1. The van der Waals surface area contributed by atoms with Gasteiger partial charge in [-0.05, 0) is 49.1 Å². The summed E-state index contributed by atoms with van der Waals surface area (Å²) in [5.74, 6) is 0.775. The van der Waals surface area contributed by atoms with Crippen LogP contribution in [0, 0.1) is 0 Å². The molecule has 1 N–H and O–H groups in total. The molecule has 0 bridgehead atoms. The van der Waals surface area contributed by atoms with E-state index in [1.165, 1.54) is 0 Å². The highest BCUT2D eigenvalue weighted by atomic mass is 16.5. The van der Waals surface area contributed by atoms with Crippen LogP contribution in [0.4, 0.5) is 0 Å². The van der Waals surface area contributed by atoms with Gasteiger partial charge in [-0.15, -0.1) is 0 Å². The minimum atomic E-state index is -1.01. The molecule has 1 atom stereocenters. The van der Waals surface area contributed by atoms with E-state index < -0.39 is 5.54 Å². The maximum atomic E-state index is 13.7. The molecule has 2 aliphatic heterocycles. The Hall–Kier alpha value is -3.28. The number of amides is 2. The SMILES string of the molecule is COc1ccc2[nH]c3c(c2c1)CCN1C(=O)CN(CCc2ccccc2)C(=O)[C@@]31C. The van der Waals surface area contributed by atoms with Crippen LogP contribution in [0.25, 0.3) is 10.9 Å². The molecule has 6 nitrogen and oxygen atoms in total. The number of hydrogen-bond donors (Lipinski definition) is 1. The minimum Gasteiger partial charge on any atom is -0.497 e. The third-order valence-electron chi connectivity index (χ3n) is 6.57. The summed E-state index contributed by atoms with van der Waals surface area (Å²) >= 11 is 0. The normalized spacial score (nSPS) is 21.0. The molecule has 1 fully saturated rings. The van der Waals surface area contributed by atoms with Crippen LogP contribution in [0.5, 0.6) is 5.75 Å². The van der Waals surface area contributed by atoms with Crippen LogP contribution < -0.4 is 4.74 Å². The number of carbonyl (C=O) groups excluding carboxylic acids is 2. The fourth-order valence-corrected chi connectivity index (χ4v) is 4.93. The number of carbonyl (C=O) groups is 2. The van der Waals surface area contributed by atoms with Crippen LogP contribution in [-0.4, -0.2) is 53.3 Å². The average molecular weight is 403 g/mol. The van der Waals surface area contributed by atoms with Gasteiger partial charge in [-0.2, -0.15) is 0 Å².